The third-order valence-corrected chi connectivity index (χ3v) is 3.61. The summed E-state index contributed by atoms with van der Waals surface area (Å²) in [7, 11) is 0. The van der Waals surface area contributed by atoms with Crippen LogP contribution in [0.5, 0.6) is 0 Å². The van der Waals surface area contributed by atoms with E-state index in [9.17, 15) is 0 Å². The highest BCUT2D eigenvalue weighted by Crippen LogP contribution is 2.17. The van der Waals surface area contributed by atoms with Crippen LogP contribution in [0.25, 0.3) is 0 Å². The van der Waals surface area contributed by atoms with Crippen molar-refractivity contribution in [2.45, 2.75) is 51.2 Å². The van der Waals surface area contributed by atoms with Gasteiger partial charge in [-0.05, 0) is 43.7 Å². The van der Waals surface area contributed by atoms with Crippen LogP contribution in [0.3, 0.4) is 0 Å². The monoisotopic (exact) mass is 290 g/mol. The molecule has 3 N–H and O–H groups in total. The molecule has 18 heavy (non-hydrogen) atoms. The smallest absolute Gasteiger partial charge is 0.0210 e. The minimum atomic E-state index is 0. The Morgan fingerprint density at radius 1 is 1.11 bits per heavy atom. The molecule has 0 amide bonds. The molecule has 0 aliphatic heterocycles. The van der Waals surface area contributed by atoms with Gasteiger partial charge in [0.05, 0.1) is 0 Å². The van der Waals surface area contributed by atoms with Crippen molar-refractivity contribution in [3.8, 4) is 0 Å². The first kappa shape index (κ1) is 17.7. The zero-order valence-corrected chi connectivity index (χ0v) is 12.5. The van der Waals surface area contributed by atoms with Crippen molar-refractivity contribution in [1.82, 2.24) is 5.32 Å². The lowest BCUT2D eigenvalue weighted by Gasteiger charge is -2.27. The molecule has 1 aromatic rings. The number of hydrogen-bond donors (Lipinski definition) is 2. The van der Waals surface area contributed by atoms with Gasteiger partial charge in [-0.3, -0.25) is 0 Å². The molecule has 1 aliphatic carbocycles. The third-order valence-electron chi connectivity index (χ3n) is 3.61. The van der Waals surface area contributed by atoms with Gasteiger partial charge in [0, 0.05) is 18.6 Å². The zero-order valence-electron chi connectivity index (χ0n) is 10.9. The molecule has 104 valence electrons. The van der Waals surface area contributed by atoms with Crippen molar-refractivity contribution in [1.29, 1.82) is 0 Å². The van der Waals surface area contributed by atoms with E-state index in [-0.39, 0.29) is 24.8 Å². The number of rotatable bonds is 3. The summed E-state index contributed by atoms with van der Waals surface area (Å²) < 4.78 is 0. The molecular formula is C14H24Cl2N2. The van der Waals surface area contributed by atoms with Gasteiger partial charge in [-0.1, -0.05) is 24.3 Å². The summed E-state index contributed by atoms with van der Waals surface area (Å²) in [6.45, 7) is 3.17. The van der Waals surface area contributed by atoms with Gasteiger partial charge in [-0.25, -0.2) is 0 Å². The van der Waals surface area contributed by atoms with Gasteiger partial charge in [0.1, 0.15) is 0 Å². The molecule has 1 aliphatic rings. The van der Waals surface area contributed by atoms with Crippen LogP contribution in [-0.4, -0.2) is 12.1 Å². The predicted molar refractivity (Wildman–Crippen MR) is 82.7 cm³/mol. The normalized spacial score (nSPS) is 22.8. The molecule has 4 heteroatoms. The maximum Gasteiger partial charge on any atom is 0.0210 e. The number of benzene rings is 1. The van der Waals surface area contributed by atoms with Gasteiger partial charge in [0.2, 0.25) is 0 Å². The summed E-state index contributed by atoms with van der Waals surface area (Å²) in [5.41, 5.74) is 8.69. The van der Waals surface area contributed by atoms with E-state index in [1.165, 1.54) is 36.8 Å². The Morgan fingerprint density at radius 3 is 2.33 bits per heavy atom. The average molecular weight is 291 g/mol. The van der Waals surface area contributed by atoms with Crippen molar-refractivity contribution in [2.24, 2.45) is 5.73 Å². The maximum atomic E-state index is 5.90. The van der Waals surface area contributed by atoms with E-state index >= 15 is 0 Å². The zero-order chi connectivity index (χ0) is 11.4. The first-order valence-corrected chi connectivity index (χ1v) is 6.29. The Hall–Kier alpha value is -0.280. The average Bonchev–Trinajstić information content (AvgIpc) is 2.30. The highest BCUT2D eigenvalue weighted by molar-refractivity contribution is 5.85. The van der Waals surface area contributed by atoms with E-state index in [0.717, 1.165) is 6.54 Å². The number of aryl methyl sites for hydroxylation is 1. The number of halogens is 2. The second-order valence-electron chi connectivity index (χ2n) is 4.92. The summed E-state index contributed by atoms with van der Waals surface area (Å²) in [6, 6.07) is 9.69. The van der Waals surface area contributed by atoms with E-state index in [1.54, 1.807) is 0 Å². The van der Waals surface area contributed by atoms with Gasteiger partial charge in [-0.2, -0.15) is 0 Å². The molecule has 1 aromatic carbocycles. The highest BCUT2D eigenvalue weighted by atomic mass is 35.5. The molecule has 0 spiro atoms. The van der Waals surface area contributed by atoms with Crippen LogP contribution in [0.4, 0.5) is 0 Å². The van der Waals surface area contributed by atoms with Crippen LogP contribution in [0, 0.1) is 6.92 Å². The quantitative estimate of drug-likeness (QED) is 0.897. The molecule has 0 atom stereocenters. The highest BCUT2D eigenvalue weighted by Gasteiger charge is 2.17. The van der Waals surface area contributed by atoms with E-state index in [2.05, 4.69) is 36.5 Å². The molecule has 0 radical (unpaired) electrons. The Balaban J connectivity index is 0.00000144. The van der Waals surface area contributed by atoms with Crippen molar-refractivity contribution in [2.75, 3.05) is 0 Å². The maximum absolute atomic E-state index is 5.90. The SMILES string of the molecule is Cc1ccccc1CNC1CCC(N)CC1.Cl.Cl. The summed E-state index contributed by atoms with van der Waals surface area (Å²) >= 11 is 0. The first-order chi connectivity index (χ1) is 7.75. The van der Waals surface area contributed by atoms with Crippen LogP contribution in [0.1, 0.15) is 36.8 Å². The number of nitrogens with two attached hydrogens (primary N) is 1. The van der Waals surface area contributed by atoms with Gasteiger partial charge < -0.3 is 11.1 Å². The summed E-state index contributed by atoms with van der Waals surface area (Å²) in [5, 5.41) is 3.64. The molecule has 1 fully saturated rings. The summed E-state index contributed by atoms with van der Waals surface area (Å²) in [5.74, 6) is 0. The fraction of sp³-hybridized carbons (Fsp3) is 0.571. The van der Waals surface area contributed by atoms with Crippen molar-refractivity contribution < 1.29 is 0 Å². The molecule has 1 saturated carbocycles. The van der Waals surface area contributed by atoms with Gasteiger partial charge >= 0.3 is 0 Å². The fourth-order valence-electron chi connectivity index (χ4n) is 2.39. The topological polar surface area (TPSA) is 38.0 Å². The summed E-state index contributed by atoms with van der Waals surface area (Å²) in [4.78, 5) is 0. The molecule has 2 nitrogen and oxygen atoms in total. The second-order valence-corrected chi connectivity index (χ2v) is 4.92. The van der Waals surface area contributed by atoms with E-state index in [1.807, 2.05) is 0 Å². The lowest BCUT2D eigenvalue weighted by atomic mass is 9.91. The molecule has 2 rings (SSSR count). The molecule has 0 saturated heterocycles. The van der Waals surface area contributed by atoms with Crippen LogP contribution in [0.15, 0.2) is 24.3 Å². The van der Waals surface area contributed by atoms with Gasteiger partial charge in [0.25, 0.3) is 0 Å². The van der Waals surface area contributed by atoms with Gasteiger partial charge in [0.15, 0.2) is 0 Å². The first-order valence-electron chi connectivity index (χ1n) is 6.29. The number of hydrogen-bond acceptors (Lipinski definition) is 2. The Kier molecular flexibility index (Phi) is 8.62. The van der Waals surface area contributed by atoms with Crippen molar-refractivity contribution in [3.05, 3.63) is 35.4 Å². The van der Waals surface area contributed by atoms with E-state index in [4.69, 9.17) is 5.73 Å². The van der Waals surface area contributed by atoms with Crippen molar-refractivity contribution in [3.63, 3.8) is 0 Å². The molecule has 0 bridgehead atoms. The third kappa shape index (κ3) is 5.15. The van der Waals surface area contributed by atoms with Gasteiger partial charge in [-0.15, -0.1) is 24.8 Å². The van der Waals surface area contributed by atoms with E-state index < -0.39 is 0 Å². The van der Waals surface area contributed by atoms with Crippen LogP contribution < -0.4 is 11.1 Å². The lowest BCUT2D eigenvalue weighted by Crippen LogP contribution is -2.37. The number of nitrogens with one attached hydrogen (secondary N) is 1. The molecular weight excluding hydrogens is 267 g/mol. The Bertz CT molecular complexity index is 336. The van der Waals surface area contributed by atoms with Crippen LogP contribution in [0.2, 0.25) is 0 Å². The minimum absolute atomic E-state index is 0. The minimum Gasteiger partial charge on any atom is -0.328 e. The molecule has 0 aromatic heterocycles. The standard InChI is InChI=1S/C14H22N2.2ClH/c1-11-4-2-3-5-12(11)10-16-14-8-6-13(15)7-9-14;;/h2-5,13-14,16H,6-10,15H2,1H3;2*1H. The Morgan fingerprint density at radius 2 is 1.72 bits per heavy atom. The summed E-state index contributed by atoms with van der Waals surface area (Å²) in [6.07, 6.45) is 4.80. The van der Waals surface area contributed by atoms with Crippen LogP contribution >= 0.6 is 24.8 Å². The second kappa shape index (κ2) is 8.76. The largest absolute Gasteiger partial charge is 0.328 e. The molecule has 0 heterocycles. The van der Waals surface area contributed by atoms with E-state index in [0.29, 0.717) is 12.1 Å². The predicted octanol–water partition coefficient (Wildman–Crippen LogP) is 3.20. The Labute approximate surface area is 123 Å². The van der Waals surface area contributed by atoms with Crippen molar-refractivity contribution >= 4 is 24.8 Å². The lowest BCUT2D eigenvalue weighted by molar-refractivity contribution is 0.341. The fourth-order valence-corrected chi connectivity index (χ4v) is 2.39. The van der Waals surface area contributed by atoms with Crippen LogP contribution in [-0.2, 0) is 6.54 Å². The molecule has 0 unspecified atom stereocenters.